The predicted molar refractivity (Wildman–Crippen MR) is 50.0 cm³/mol. The SMILES string of the molecule is CC[C@@H]1CCN(C(C)C)C[C@@H]1F. The van der Waals surface area contributed by atoms with E-state index in [4.69, 9.17) is 0 Å². The molecular weight excluding hydrogens is 153 g/mol. The molecule has 0 unspecified atom stereocenters. The number of alkyl halides is 1. The quantitative estimate of drug-likeness (QED) is 0.620. The molecule has 1 heterocycles. The molecule has 1 fully saturated rings. The first-order valence-electron chi connectivity index (χ1n) is 5.03. The Balaban J connectivity index is 2.40. The molecule has 0 amide bonds. The second kappa shape index (κ2) is 4.22. The minimum absolute atomic E-state index is 0.319. The number of rotatable bonds is 2. The van der Waals surface area contributed by atoms with Crippen molar-refractivity contribution in [3.63, 3.8) is 0 Å². The molecule has 0 aliphatic carbocycles. The molecule has 0 aromatic rings. The summed E-state index contributed by atoms with van der Waals surface area (Å²) in [6.45, 7) is 8.09. The summed E-state index contributed by atoms with van der Waals surface area (Å²) in [6, 6.07) is 0.501. The minimum atomic E-state index is -0.592. The molecule has 1 nitrogen and oxygen atoms in total. The van der Waals surface area contributed by atoms with Gasteiger partial charge in [0.1, 0.15) is 6.17 Å². The highest BCUT2D eigenvalue weighted by atomic mass is 19.1. The first kappa shape index (κ1) is 9.97. The van der Waals surface area contributed by atoms with E-state index in [1.54, 1.807) is 0 Å². The molecule has 2 heteroatoms. The van der Waals surface area contributed by atoms with E-state index in [1.807, 2.05) is 0 Å². The Morgan fingerprint density at radius 2 is 2.17 bits per heavy atom. The van der Waals surface area contributed by atoms with Crippen LogP contribution in [0.4, 0.5) is 4.39 Å². The molecule has 0 N–H and O–H groups in total. The van der Waals surface area contributed by atoms with Crippen LogP contribution in [0.2, 0.25) is 0 Å². The summed E-state index contributed by atoms with van der Waals surface area (Å²) < 4.78 is 13.4. The summed E-state index contributed by atoms with van der Waals surface area (Å²) in [6.07, 6.45) is 1.44. The van der Waals surface area contributed by atoms with Gasteiger partial charge < -0.3 is 0 Å². The first-order chi connectivity index (χ1) is 5.65. The standard InChI is InChI=1S/C10H20FN/c1-4-9-5-6-12(8(2)3)7-10(9)11/h8-10H,4-7H2,1-3H3/t9-,10+/m1/s1. The predicted octanol–water partition coefficient (Wildman–Crippen LogP) is 2.46. The average Bonchev–Trinajstić information content (AvgIpc) is 2.04. The van der Waals surface area contributed by atoms with Crippen molar-refractivity contribution in [2.75, 3.05) is 13.1 Å². The van der Waals surface area contributed by atoms with Gasteiger partial charge in [-0.2, -0.15) is 0 Å². The molecule has 0 radical (unpaired) electrons. The smallest absolute Gasteiger partial charge is 0.116 e. The molecule has 1 saturated heterocycles. The maximum Gasteiger partial charge on any atom is 0.116 e. The number of likely N-dealkylation sites (tertiary alicyclic amines) is 1. The number of halogens is 1. The van der Waals surface area contributed by atoms with Gasteiger partial charge in [0.25, 0.3) is 0 Å². The van der Waals surface area contributed by atoms with Gasteiger partial charge in [0.2, 0.25) is 0 Å². The monoisotopic (exact) mass is 173 g/mol. The fourth-order valence-corrected chi connectivity index (χ4v) is 1.91. The molecule has 1 aliphatic heterocycles. The summed E-state index contributed by atoms with van der Waals surface area (Å²) in [5.74, 6) is 0.319. The molecule has 0 spiro atoms. The zero-order valence-corrected chi connectivity index (χ0v) is 8.39. The highest BCUT2D eigenvalue weighted by Crippen LogP contribution is 2.24. The van der Waals surface area contributed by atoms with Crippen LogP contribution in [0.25, 0.3) is 0 Å². The summed E-state index contributed by atoms with van der Waals surface area (Å²) in [5.41, 5.74) is 0. The van der Waals surface area contributed by atoms with E-state index in [2.05, 4.69) is 25.7 Å². The maximum atomic E-state index is 13.4. The molecule has 72 valence electrons. The van der Waals surface area contributed by atoms with Gasteiger partial charge in [0, 0.05) is 12.6 Å². The van der Waals surface area contributed by atoms with Crippen molar-refractivity contribution in [2.24, 2.45) is 5.92 Å². The summed E-state index contributed by atoms with van der Waals surface area (Å²) >= 11 is 0. The molecular formula is C10H20FN. The number of piperidine rings is 1. The lowest BCUT2D eigenvalue weighted by molar-refractivity contribution is 0.0638. The molecule has 12 heavy (non-hydrogen) atoms. The van der Waals surface area contributed by atoms with Crippen LogP contribution >= 0.6 is 0 Å². The molecule has 0 aromatic heterocycles. The fraction of sp³-hybridized carbons (Fsp3) is 1.00. The largest absolute Gasteiger partial charge is 0.298 e. The van der Waals surface area contributed by atoms with Gasteiger partial charge in [-0.05, 0) is 32.7 Å². The van der Waals surface area contributed by atoms with E-state index in [9.17, 15) is 4.39 Å². The maximum absolute atomic E-state index is 13.4. The lowest BCUT2D eigenvalue weighted by Gasteiger charge is -2.36. The third-order valence-electron chi connectivity index (χ3n) is 2.96. The van der Waals surface area contributed by atoms with Crippen molar-refractivity contribution in [3.8, 4) is 0 Å². The Hall–Kier alpha value is -0.110. The van der Waals surface area contributed by atoms with Crippen molar-refractivity contribution < 1.29 is 4.39 Å². The second-order valence-electron chi connectivity index (χ2n) is 4.06. The van der Waals surface area contributed by atoms with Crippen LogP contribution in [0.15, 0.2) is 0 Å². The highest BCUT2D eigenvalue weighted by Gasteiger charge is 2.28. The van der Waals surface area contributed by atoms with Crippen molar-refractivity contribution in [2.45, 2.75) is 45.8 Å². The van der Waals surface area contributed by atoms with E-state index in [1.165, 1.54) is 0 Å². The minimum Gasteiger partial charge on any atom is -0.298 e. The van der Waals surface area contributed by atoms with Crippen molar-refractivity contribution in [3.05, 3.63) is 0 Å². The Morgan fingerprint density at radius 1 is 1.50 bits per heavy atom. The van der Waals surface area contributed by atoms with Crippen molar-refractivity contribution >= 4 is 0 Å². The molecule has 2 atom stereocenters. The van der Waals surface area contributed by atoms with Gasteiger partial charge in [-0.3, -0.25) is 4.90 Å². The van der Waals surface area contributed by atoms with E-state index in [0.717, 1.165) is 19.4 Å². The summed E-state index contributed by atoms with van der Waals surface area (Å²) in [7, 11) is 0. The third kappa shape index (κ3) is 2.19. The molecule has 0 saturated carbocycles. The third-order valence-corrected chi connectivity index (χ3v) is 2.96. The second-order valence-corrected chi connectivity index (χ2v) is 4.06. The van der Waals surface area contributed by atoms with E-state index < -0.39 is 6.17 Å². The number of nitrogens with zero attached hydrogens (tertiary/aromatic N) is 1. The van der Waals surface area contributed by atoms with Crippen LogP contribution < -0.4 is 0 Å². The Kier molecular flexibility index (Phi) is 3.51. The normalized spacial score (nSPS) is 32.8. The van der Waals surface area contributed by atoms with E-state index in [0.29, 0.717) is 18.5 Å². The van der Waals surface area contributed by atoms with Crippen molar-refractivity contribution in [1.29, 1.82) is 0 Å². The zero-order chi connectivity index (χ0) is 9.14. The average molecular weight is 173 g/mol. The zero-order valence-electron chi connectivity index (χ0n) is 8.39. The van der Waals surface area contributed by atoms with Crippen LogP contribution in [-0.4, -0.2) is 30.2 Å². The number of hydrogen-bond donors (Lipinski definition) is 0. The van der Waals surface area contributed by atoms with Gasteiger partial charge in [0.15, 0.2) is 0 Å². The molecule has 1 aliphatic rings. The van der Waals surface area contributed by atoms with Gasteiger partial charge in [0.05, 0.1) is 0 Å². The highest BCUT2D eigenvalue weighted by molar-refractivity contribution is 4.80. The summed E-state index contributed by atoms with van der Waals surface area (Å²) in [5, 5.41) is 0. The Morgan fingerprint density at radius 3 is 2.58 bits per heavy atom. The molecule has 0 bridgehead atoms. The van der Waals surface area contributed by atoms with Crippen LogP contribution in [0.3, 0.4) is 0 Å². The lowest BCUT2D eigenvalue weighted by atomic mass is 9.92. The first-order valence-corrected chi connectivity index (χ1v) is 5.03. The molecule has 1 rings (SSSR count). The van der Waals surface area contributed by atoms with Crippen molar-refractivity contribution in [1.82, 2.24) is 4.90 Å². The van der Waals surface area contributed by atoms with Gasteiger partial charge in [-0.15, -0.1) is 0 Å². The van der Waals surface area contributed by atoms with E-state index in [-0.39, 0.29) is 0 Å². The van der Waals surface area contributed by atoms with Gasteiger partial charge in [-0.25, -0.2) is 4.39 Å². The Bertz CT molecular complexity index is 136. The van der Waals surface area contributed by atoms with E-state index >= 15 is 0 Å². The molecule has 0 aromatic carbocycles. The lowest BCUT2D eigenvalue weighted by Crippen LogP contribution is -2.44. The summed E-state index contributed by atoms with van der Waals surface area (Å²) in [4.78, 5) is 2.23. The van der Waals surface area contributed by atoms with Crippen LogP contribution in [0.1, 0.15) is 33.6 Å². The Labute approximate surface area is 74.9 Å². The van der Waals surface area contributed by atoms with Crippen LogP contribution in [-0.2, 0) is 0 Å². The topological polar surface area (TPSA) is 3.24 Å². The number of hydrogen-bond acceptors (Lipinski definition) is 1. The van der Waals surface area contributed by atoms with Crippen LogP contribution in [0.5, 0.6) is 0 Å². The van der Waals surface area contributed by atoms with Crippen LogP contribution in [0, 0.1) is 5.92 Å². The van der Waals surface area contributed by atoms with Gasteiger partial charge >= 0.3 is 0 Å². The van der Waals surface area contributed by atoms with Gasteiger partial charge in [-0.1, -0.05) is 13.3 Å². The fourth-order valence-electron chi connectivity index (χ4n) is 1.91.